The first-order valence-corrected chi connectivity index (χ1v) is 6.54. The second-order valence-corrected chi connectivity index (χ2v) is 4.55. The Morgan fingerprint density at radius 3 is 2.82 bits per heavy atom. The first-order chi connectivity index (χ1) is 10.7. The van der Waals surface area contributed by atoms with Gasteiger partial charge in [-0.25, -0.2) is 9.38 Å². The maximum Gasteiger partial charge on any atom is 0.275 e. The normalized spacial score (nSPS) is 15.6. The van der Waals surface area contributed by atoms with E-state index in [0.717, 1.165) is 0 Å². The molecule has 1 aromatic carbocycles. The van der Waals surface area contributed by atoms with Crippen molar-refractivity contribution < 1.29 is 13.9 Å². The van der Waals surface area contributed by atoms with E-state index in [1.165, 1.54) is 25.3 Å². The molecule has 0 bridgehead atoms. The van der Waals surface area contributed by atoms with Crippen LogP contribution >= 0.6 is 0 Å². The molecule has 0 atom stereocenters. The van der Waals surface area contributed by atoms with Gasteiger partial charge in [0.2, 0.25) is 0 Å². The van der Waals surface area contributed by atoms with Crippen LogP contribution in [0.5, 0.6) is 5.75 Å². The average molecular weight is 297 g/mol. The molecule has 1 N–H and O–H groups in total. The number of carbonyl (C=O) groups is 1. The number of benzene rings is 1. The van der Waals surface area contributed by atoms with Gasteiger partial charge in [-0.3, -0.25) is 9.78 Å². The monoisotopic (exact) mass is 297 g/mol. The molecule has 0 saturated carbocycles. The summed E-state index contributed by atoms with van der Waals surface area (Å²) in [5.41, 5.74) is 1.29. The number of amidine groups is 1. The number of halogens is 1. The van der Waals surface area contributed by atoms with Crippen molar-refractivity contribution in [2.75, 3.05) is 7.11 Å². The van der Waals surface area contributed by atoms with E-state index in [9.17, 15) is 9.18 Å². The van der Waals surface area contributed by atoms with Crippen LogP contribution < -0.4 is 10.1 Å². The number of rotatable bonds is 3. The molecule has 0 saturated heterocycles. The zero-order valence-electron chi connectivity index (χ0n) is 11.7. The van der Waals surface area contributed by atoms with Crippen molar-refractivity contribution in [3.05, 3.63) is 65.4 Å². The minimum atomic E-state index is -0.496. The summed E-state index contributed by atoms with van der Waals surface area (Å²) in [6, 6.07) is 9.76. The van der Waals surface area contributed by atoms with Crippen LogP contribution in [-0.4, -0.2) is 23.8 Å². The van der Waals surface area contributed by atoms with Crippen LogP contribution in [-0.2, 0) is 4.79 Å². The molecule has 6 heteroatoms. The van der Waals surface area contributed by atoms with Crippen LogP contribution in [0.25, 0.3) is 6.08 Å². The zero-order valence-corrected chi connectivity index (χ0v) is 11.7. The molecule has 3 rings (SSSR count). The Morgan fingerprint density at radius 2 is 2.14 bits per heavy atom. The van der Waals surface area contributed by atoms with Gasteiger partial charge in [0.05, 0.1) is 7.11 Å². The highest BCUT2D eigenvalue weighted by Gasteiger charge is 2.21. The molecule has 5 nitrogen and oxygen atoms in total. The molecule has 1 amide bonds. The summed E-state index contributed by atoms with van der Waals surface area (Å²) in [7, 11) is 1.39. The molecule has 1 aliphatic rings. The molecule has 0 spiro atoms. The topological polar surface area (TPSA) is 63.6 Å². The van der Waals surface area contributed by atoms with Gasteiger partial charge in [0, 0.05) is 6.20 Å². The highest BCUT2D eigenvalue weighted by atomic mass is 19.1. The van der Waals surface area contributed by atoms with Gasteiger partial charge in [0.15, 0.2) is 17.4 Å². The van der Waals surface area contributed by atoms with E-state index >= 15 is 0 Å². The first-order valence-electron chi connectivity index (χ1n) is 6.54. The SMILES string of the molecule is COc1ccc(/C=C2/N=C(c3ccccn3)NC2=O)cc1F. The van der Waals surface area contributed by atoms with E-state index < -0.39 is 5.82 Å². The third-order valence-corrected chi connectivity index (χ3v) is 3.08. The van der Waals surface area contributed by atoms with E-state index in [4.69, 9.17) is 4.74 Å². The zero-order chi connectivity index (χ0) is 15.5. The summed E-state index contributed by atoms with van der Waals surface area (Å²) >= 11 is 0. The van der Waals surface area contributed by atoms with Crippen molar-refractivity contribution in [2.24, 2.45) is 4.99 Å². The van der Waals surface area contributed by atoms with E-state index in [0.29, 0.717) is 17.1 Å². The number of hydrogen-bond acceptors (Lipinski definition) is 4. The fraction of sp³-hybridized carbons (Fsp3) is 0.0625. The lowest BCUT2D eigenvalue weighted by Gasteiger charge is -2.02. The molecule has 22 heavy (non-hydrogen) atoms. The van der Waals surface area contributed by atoms with E-state index in [2.05, 4.69) is 15.3 Å². The average Bonchev–Trinajstić information content (AvgIpc) is 2.89. The van der Waals surface area contributed by atoms with Gasteiger partial charge in [-0.05, 0) is 35.9 Å². The molecule has 0 radical (unpaired) electrons. The van der Waals surface area contributed by atoms with Gasteiger partial charge >= 0.3 is 0 Å². The molecular formula is C16H12FN3O2. The van der Waals surface area contributed by atoms with Crippen molar-refractivity contribution in [1.82, 2.24) is 10.3 Å². The minimum absolute atomic E-state index is 0.149. The van der Waals surface area contributed by atoms with E-state index in [1.54, 1.807) is 30.5 Å². The number of aliphatic imine (C=N–C) groups is 1. The summed E-state index contributed by atoms with van der Waals surface area (Å²) < 4.78 is 18.5. The Hall–Kier alpha value is -3.02. The predicted molar refractivity (Wildman–Crippen MR) is 79.8 cm³/mol. The molecule has 1 aliphatic heterocycles. The van der Waals surface area contributed by atoms with Gasteiger partial charge in [-0.15, -0.1) is 0 Å². The van der Waals surface area contributed by atoms with Crippen molar-refractivity contribution in [3.8, 4) is 5.75 Å². The number of hydrogen-bond donors (Lipinski definition) is 1. The van der Waals surface area contributed by atoms with Crippen molar-refractivity contribution in [3.63, 3.8) is 0 Å². The second kappa shape index (κ2) is 5.77. The lowest BCUT2D eigenvalue weighted by atomic mass is 10.2. The second-order valence-electron chi connectivity index (χ2n) is 4.55. The van der Waals surface area contributed by atoms with Gasteiger partial charge in [0.1, 0.15) is 11.4 Å². The molecule has 0 fully saturated rings. The molecule has 2 heterocycles. The highest BCUT2D eigenvalue weighted by molar-refractivity contribution is 6.19. The van der Waals surface area contributed by atoms with Crippen molar-refractivity contribution in [2.45, 2.75) is 0 Å². The summed E-state index contributed by atoms with van der Waals surface area (Å²) in [4.78, 5) is 20.3. The van der Waals surface area contributed by atoms with Crippen LogP contribution in [0.4, 0.5) is 4.39 Å². The Labute approximate surface area is 126 Å². The van der Waals surface area contributed by atoms with E-state index in [-0.39, 0.29) is 17.4 Å². The Kier molecular flexibility index (Phi) is 3.65. The Bertz CT molecular complexity index is 785. The van der Waals surface area contributed by atoms with Crippen LogP contribution in [0.1, 0.15) is 11.3 Å². The Balaban J connectivity index is 1.92. The van der Waals surface area contributed by atoms with E-state index in [1.807, 2.05) is 0 Å². The van der Waals surface area contributed by atoms with Gasteiger partial charge in [0.25, 0.3) is 5.91 Å². The molecule has 1 aromatic heterocycles. The standard InChI is InChI=1S/C16H12FN3O2/c1-22-14-6-5-10(8-11(14)17)9-13-16(21)20-15(19-13)12-4-2-3-7-18-12/h2-9H,1H3,(H,19,20,21)/b13-9+. The first kappa shape index (κ1) is 13.9. The lowest BCUT2D eigenvalue weighted by molar-refractivity contribution is -0.115. The summed E-state index contributed by atoms with van der Waals surface area (Å²) in [6.07, 6.45) is 3.12. The van der Waals surface area contributed by atoms with Gasteiger partial charge < -0.3 is 10.1 Å². The van der Waals surface area contributed by atoms with Crippen molar-refractivity contribution >= 4 is 17.8 Å². The number of nitrogens with zero attached hydrogens (tertiary/aromatic N) is 2. The van der Waals surface area contributed by atoms with Crippen molar-refractivity contribution in [1.29, 1.82) is 0 Å². The Morgan fingerprint density at radius 1 is 1.27 bits per heavy atom. The molecule has 0 aliphatic carbocycles. The maximum absolute atomic E-state index is 13.7. The number of carbonyl (C=O) groups excluding carboxylic acids is 1. The fourth-order valence-electron chi connectivity index (χ4n) is 2.02. The molecule has 2 aromatic rings. The summed E-state index contributed by atoms with van der Waals surface area (Å²) in [5, 5.41) is 2.64. The predicted octanol–water partition coefficient (Wildman–Crippen LogP) is 2.15. The highest BCUT2D eigenvalue weighted by Crippen LogP contribution is 2.20. The number of amides is 1. The van der Waals surface area contributed by atoms with Gasteiger partial charge in [-0.2, -0.15) is 0 Å². The lowest BCUT2D eigenvalue weighted by Crippen LogP contribution is -2.25. The molecule has 0 unspecified atom stereocenters. The molecule has 110 valence electrons. The summed E-state index contributed by atoms with van der Waals surface area (Å²) in [6.45, 7) is 0. The number of ether oxygens (including phenoxy) is 1. The van der Waals surface area contributed by atoms with Crippen LogP contribution in [0, 0.1) is 5.82 Å². The van der Waals surface area contributed by atoms with Crippen LogP contribution in [0.2, 0.25) is 0 Å². The van der Waals surface area contributed by atoms with Crippen LogP contribution in [0.15, 0.2) is 53.3 Å². The fourth-order valence-corrected chi connectivity index (χ4v) is 2.02. The van der Waals surface area contributed by atoms with Gasteiger partial charge in [-0.1, -0.05) is 12.1 Å². The quantitative estimate of drug-likeness (QED) is 0.883. The third-order valence-electron chi connectivity index (χ3n) is 3.08. The largest absolute Gasteiger partial charge is 0.494 e. The maximum atomic E-state index is 13.7. The number of aromatic nitrogens is 1. The summed E-state index contributed by atoms with van der Waals surface area (Å²) in [5.74, 6) is -0.317. The third kappa shape index (κ3) is 2.71. The van der Waals surface area contributed by atoms with Crippen LogP contribution in [0.3, 0.4) is 0 Å². The minimum Gasteiger partial charge on any atom is -0.494 e. The number of nitrogens with one attached hydrogen (secondary N) is 1. The number of methoxy groups -OCH3 is 1. The number of pyridine rings is 1. The molecular weight excluding hydrogens is 285 g/mol. The smallest absolute Gasteiger partial charge is 0.275 e.